The van der Waals surface area contributed by atoms with Crippen molar-refractivity contribution in [1.29, 1.82) is 0 Å². The molecule has 2 bridgehead atoms. The lowest BCUT2D eigenvalue weighted by molar-refractivity contribution is -0.131. The zero-order valence-electron chi connectivity index (χ0n) is 26.9. The van der Waals surface area contributed by atoms with Crippen molar-refractivity contribution in [1.82, 2.24) is 0 Å². The van der Waals surface area contributed by atoms with Crippen molar-refractivity contribution >= 4 is 34.6 Å². The van der Waals surface area contributed by atoms with Gasteiger partial charge in [-0.1, -0.05) is 55.3 Å². The van der Waals surface area contributed by atoms with Crippen molar-refractivity contribution in [2.45, 2.75) is 94.8 Å². The Balaban J connectivity index is 0.000000177. The standard InChI is InChI=1S/C21H24O3.C16H26O2S2/c1-16(22)24-20-12-8-18(9-13-20)21(14-4-3-5-15-21)17-6-10-19(23-2)11-7-17;1-10(17)20-12-8-13-11-6-15(14(13)9-12)16(7-11)18-4-3-5-19-2/h6-13H,3-5,14-15H2,1-2H3;11-16H,3-9H2,1-2H3. The van der Waals surface area contributed by atoms with E-state index in [-0.39, 0.29) is 11.4 Å². The van der Waals surface area contributed by atoms with Crippen molar-refractivity contribution in [2.75, 3.05) is 25.7 Å². The maximum absolute atomic E-state index is 11.3. The van der Waals surface area contributed by atoms with Crippen LogP contribution in [-0.4, -0.2) is 48.2 Å². The number of esters is 1. The first-order valence-electron chi connectivity index (χ1n) is 16.5. The molecule has 0 aromatic heterocycles. The number of thioether (sulfide) groups is 2. The maximum atomic E-state index is 11.3. The Morgan fingerprint density at radius 3 is 2.05 bits per heavy atom. The van der Waals surface area contributed by atoms with Crippen molar-refractivity contribution in [3.63, 3.8) is 0 Å². The predicted octanol–water partition coefficient (Wildman–Crippen LogP) is 8.71. The third-order valence-electron chi connectivity index (χ3n) is 10.5. The zero-order valence-corrected chi connectivity index (χ0v) is 28.6. The molecule has 0 N–H and O–H groups in total. The largest absolute Gasteiger partial charge is 0.497 e. The van der Waals surface area contributed by atoms with E-state index in [2.05, 4.69) is 30.5 Å². The molecule has 4 aliphatic rings. The van der Waals surface area contributed by atoms with E-state index < -0.39 is 0 Å². The van der Waals surface area contributed by atoms with E-state index in [1.165, 1.54) is 75.2 Å². The third kappa shape index (κ3) is 7.87. The van der Waals surface area contributed by atoms with E-state index in [0.717, 1.165) is 48.9 Å². The van der Waals surface area contributed by atoms with Crippen molar-refractivity contribution in [3.05, 3.63) is 59.7 Å². The van der Waals surface area contributed by atoms with Gasteiger partial charge in [0.25, 0.3) is 0 Å². The van der Waals surface area contributed by atoms with Gasteiger partial charge in [0.05, 0.1) is 13.2 Å². The SMILES string of the molecule is COc1ccc(C2(c3ccc(OC(C)=O)cc3)CCCCC2)cc1.CSCCCOC1CC2CC1C1CC(SC(C)=O)CC21. The minimum atomic E-state index is -0.287. The first-order valence-corrected chi connectivity index (χ1v) is 18.8. The van der Waals surface area contributed by atoms with Gasteiger partial charge < -0.3 is 14.2 Å². The summed E-state index contributed by atoms with van der Waals surface area (Å²) in [5, 5.41) is 0.898. The number of rotatable bonds is 10. The van der Waals surface area contributed by atoms with Crippen LogP contribution < -0.4 is 9.47 Å². The van der Waals surface area contributed by atoms with Crippen LogP contribution >= 0.6 is 23.5 Å². The summed E-state index contributed by atoms with van der Waals surface area (Å²) in [7, 11) is 1.69. The van der Waals surface area contributed by atoms with Crippen molar-refractivity contribution < 1.29 is 23.8 Å². The van der Waals surface area contributed by atoms with Crippen LogP contribution in [0.1, 0.15) is 89.2 Å². The first-order chi connectivity index (χ1) is 21.3. The van der Waals surface area contributed by atoms with Crippen molar-refractivity contribution in [3.8, 4) is 11.5 Å². The Morgan fingerprint density at radius 2 is 1.45 bits per heavy atom. The van der Waals surface area contributed by atoms with Gasteiger partial charge in [-0.05, 0) is 116 Å². The fraction of sp³-hybridized carbons (Fsp3) is 0.622. The van der Waals surface area contributed by atoms with Gasteiger partial charge >= 0.3 is 5.97 Å². The molecule has 5 nitrogen and oxygen atoms in total. The lowest BCUT2D eigenvalue weighted by atomic mass is 9.65. The van der Waals surface area contributed by atoms with Crippen LogP contribution in [0.5, 0.6) is 11.5 Å². The number of hydrogen-bond donors (Lipinski definition) is 0. The number of hydrogen-bond acceptors (Lipinski definition) is 7. The summed E-state index contributed by atoms with van der Waals surface area (Å²) in [6.45, 7) is 4.08. The molecule has 6 unspecified atom stereocenters. The Kier molecular flexibility index (Phi) is 11.8. The molecule has 4 fully saturated rings. The van der Waals surface area contributed by atoms with Crippen LogP contribution in [0.2, 0.25) is 0 Å². The highest BCUT2D eigenvalue weighted by atomic mass is 32.2. The molecule has 2 aromatic rings. The molecule has 6 rings (SSSR count). The summed E-state index contributed by atoms with van der Waals surface area (Å²) in [6, 6.07) is 16.5. The topological polar surface area (TPSA) is 61.8 Å². The fourth-order valence-corrected chi connectivity index (χ4v) is 10.2. The second-order valence-electron chi connectivity index (χ2n) is 13.2. The summed E-state index contributed by atoms with van der Waals surface area (Å²) >= 11 is 3.50. The number of carbonyl (C=O) groups is 2. The van der Waals surface area contributed by atoms with E-state index >= 15 is 0 Å². The van der Waals surface area contributed by atoms with Gasteiger partial charge in [-0.2, -0.15) is 11.8 Å². The Labute approximate surface area is 273 Å². The molecule has 0 aliphatic heterocycles. The third-order valence-corrected chi connectivity index (χ3v) is 12.3. The molecule has 0 heterocycles. The molecule has 0 spiro atoms. The van der Waals surface area contributed by atoms with Crippen LogP contribution in [-0.2, 0) is 19.7 Å². The van der Waals surface area contributed by atoms with E-state index in [4.69, 9.17) is 14.2 Å². The number of fused-ring (bicyclic) bond motifs is 5. The summed E-state index contributed by atoms with van der Waals surface area (Å²) in [4.78, 5) is 22.4. The quantitative estimate of drug-likeness (QED) is 0.147. The minimum absolute atomic E-state index is 0.0409. The van der Waals surface area contributed by atoms with Crippen LogP contribution in [0, 0.1) is 23.7 Å². The second kappa shape index (κ2) is 15.6. The lowest BCUT2D eigenvalue weighted by Crippen LogP contribution is -2.30. The van der Waals surface area contributed by atoms with E-state index in [9.17, 15) is 9.59 Å². The number of ether oxygens (including phenoxy) is 3. The Bertz CT molecular complexity index is 1220. The second-order valence-corrected chi connectivity index (χ2v) is 15.6. The number of methoxy groups -OCH3 is 1. The molecule has 6 atom stereocenters. The van der Waals surface area contributed by atoms with Crippen LogP contribution in [0.25, 0.3) is 0 Å². The van der Waals surface area contributed by atoms with Crippen molar-refractivity contribution in [2.24, 2.45) is 23.7 Å². The van der Waals surface area contributed by atoms with Gasteiger partial charge in [-0.3, -0.25) is 9.59 Å². The van der Waals surface area contributed by atoms with E-state index in [0.29, 0.717) is 22.2 Å². The molecule has 240 valence electrons. The maximum Gasteiger partial charge on any atom is 0.308 e. The molecule has 0 saturated heterocycles. The Morgan fingerprint density at radius 1 is 0.818 bits per heavy atom. The molecule has 2 aromatic carbocycles. The lowest BCUT2D eigenvalue weighted by Gasteiger charge is -2.38. The van der Waals surface area contributed by atoms with Gasteiger partial charge in [0.1, 0.15) is 11.5 Å². The fourth-order valence-electron chi connectivity index (χ4n) is 8.74. The molecule has 44 heavy (non-hydrogen) atoms. The van der Waals surface area contributed by atoms with E-state index in [1.807, 2.05) is 36.0 Å². The van der Waals surface area contributed by atoms with Crippen LogP contribution in [0.3, 0.4) is 0 Å². The molecular formula is C37H50O5S2. The summed E-state index contributed by atoms with van der Waals surface area (Å²) in [5.74, 6) is 5.88. The van der Waals surface area contributed by atoms with Gasteiger partial charge in [-0.15, -0.1) is 0 Å². The average molecular weight is 639 g/mol. The predicted molar refractivity (Wildman–Crippen MR) is 182 cm³/mol. The smallest absolute Gasteiger partial charge is 0.308 e. The van der Waals surface area contributed by atoms with Crippen LogP contribution in [0.15, 0.2) is 48.5 Å². The minimum Gasteiger partial charge on any atom is -0.497 e. The van der Waals surface area contributed by atoms with Crippen LogP contribution in [0.4, 0.5) is 0 Å². The molecule has 0 radical (unpaired) electrons. The first kappa shape index (κ1) is 33.4. The molecule has 4 saturated carbocycles. The number of benzene rings is 2. The average Bonchev–Trinajstić information content (AvgIpc) is 3.72. The molecular weight excluding hydrogens is 589 g/mol. The van der Waals surface area contributed by atoms with E-state index in [1.54, 1.807) is 25.8 Å². The zero-order chi connectivity index (χ0) is 31.1. The van der Waals surface area contributed by atoms with Gasteiger partial charge in [0, 0.05) is 31.1 Å². The highest BCUT2D eigenvalue weighted by Gasteiger charge is 2.56. The monoisotopic (exact) mass is 638 g/mol. The number of carbonyl (C=O) groups excluding carboxylic acids is 2. The molecule has 0 amide bonds. The summed E-state index contributed by atoms with van der Waals surface area (Å²) in [6.07, 6.45) is 15.2. The summed E-state index contributed by atoms with van der Waals surface area (Å²) < 4.78 is 16.6. The normalized spacial score (nSPS) is 28.1. The van der Waals surface area contributed by atoms with Gasteiger partial charge in [-0.25, -0.2) is 0 Å². The highest BCUT2D eigenvalue weighted by Crippen LogP contribution is 2.61. The summed E-state index contributed by atoms with van der Waals surface area (Å²) in [5.41, 5.74) is 2.67. The molecule has 7 heteroatoms. The van der Waals surface area contributed by atoms with Gasteiger partial charge in [0.2, 0.25) is 0 Å². The molecule has 4 aliphatic carbocycles. The Hall–Kier alpha value is -1.96. The van der Waals surface area contributed by atoms with Gasteiger partial charge in [0.15, 0.2) is 5.12 Å². The highest BCUT2D eigenvalue weighted by molar-refractivity contribution is 8.14.